The summed E-state index contributed by atoms with van der Waals surface area (Å²) in [5.74, 6) is 6.94. The number of pyridine rings is 1. The van der Waals surface area contributed by atoms with Crippen LogP contribution in [-0.4, -0.2) is 15.0 Å². The van der Waals surface area contributed by atoms with Gasteiger partial charge in [-0.3, -0.25) is 0 Å². The second kappa shape index (κ2) is 13.3. The lowest BCUT2D eigenvalue weighted by Gasteiger charge is -2.11. The molecular weight excluding hydrogens is 525 g/mol. The number of hydrogen-bond acceptors (Lipinski definition) is 6. The summed E-state index contributed by atoms with van der Waals surface area (Å²) in [7, 11) is 0. The molecule has 2 heterocycles. The van der Waals surface area contributed by atoms with Crippen molar-refractivity contribution in [3.63, 3.8) is 0 Å². The molecule has 0 amide bonds. The SMILES string of the molecule is Fc1cccc(COc2ccc(Nc3ncncc3C#Cc3cccc(CNCc4ccccc4)n3)cc2Cl)c1. The predicted octanol–water partition coefficient (Wildman–Crippen LogP) is 6.68. The Morgan fingerprint density at radius 1 is 0.850 bits per heavy atom. The zero-order chi connectivity index (χ0) is 27.6. The van der Waals surface area contributed by atoms with Crippen molar-refractivity contribution in [3.05, 3.63) is 142 Å². The molecule has 0 aliphatic carbocycles. The van der Waals surface area contributed by atoms with Gasteiger partial charge in [0, 0.05) is 25.0 Å². The smallest absolute Gasteiger partial charge is 0.149 e. The van der Waals surface area contributed by atoms with E-state index in [2.05, 4.69) is 49.6 Å². The molecule has 0 bridgehead atoms. The summed E-state index contributed by atoms with van der Waals surface area (Å²) in [6, 6.07) is 27.6. The van der Waals surface area contributed by atoms with E-state index in [-0.39, 0.29) is 12.4 Å². The molecule has 2 N–H and O–H groups in total. The van der Waals surface area contributed by atoms with Crippen molar-refractivity contribution in [1.29, 1.82) is 0 Å². The van der Waals surface area contributed by atoms with Gasteiger partial charge in [-0.1, -0.05) is 66.1 Å². The summed E-state index contributed by atoms with van der Waals surface area (Å²) in [6.45, 7) is 1.60. The van der Waals surface area contributed by atoms with Crippen LogP contribution >= 0.6 is 11.6 Å². The third kappa shape index (κ3) is 7.64. The number of ether oxygens (including phenoxy) is 1. The number of anilines is 2. The van der Waals surface area contributed by atoms with E-state index in [9.17, 15) is 4.39 Å². The van der Waals surface area contributed by atoms with Gasteiger partial charge in [0.05, 0.1) is 16.3 Å². The minimum absolute atomic E-state index is 0.203. The molecule has 0 aliphatic heterocycles. The van der Waals surface area contributed by atoms with Crippen molar-refractivity contribution in [2.45, 2.75) is 19.7 Å². The molecule has 2 aromatic heterocycles. The first-order valence-corrected chi connectivity index (χ1v) is 13.0. The third-order valence-corrected chi connectivity index (χ3v) is 6.10. The predicted molar refractivity (Wildman–Crippen MR) is 155 cm³/mol. The van der Waals surface area contributed by atoms with E-state index in [1.807, 2.05) is 42.5 Å². The number of hydrogen-bond donors (Lipinski definition) is 2. The van der Waals surface area contributed by atoms with Crippen LogP contribution in [-0.2, 0) is 19.7 Å². The van der Waals surface area contributed by atoms with Gasteiger partial charge in [-0.25, -0.2) is 19.3 Å². The van der Waals surface area contributed by atoms with Crippen LogP contribution in [0.2, 0.25) is 5.02 Å². The van der Waals surface area contributed by atoms with Crippen LogP contribution in [0.25, 0.3) is 0 Å². The van der Waals surface area contributed by atoms with Crippen molar-refractivity contribution in [2.24, 2.45) is 0 Å². The minimum atomic E-state index is -0.310. The monoisotopic (exact) mass is 549 g/mol. The maximum atomic E-state index is 13.4. The van der Waals surface area contributed by atoms with Gasteiger partial charge in [-0.15, -0.1) is 0 Å². The van der Waals surface area contributed by atoms with Crippen molar-refractivity contribution in [3.8, 4) is 17.6 Å². The van der Waals surface area contributed by atoms with E-state index >= 15 is 0 Å². The first-order chi connectivity index (χ1) is 19.6. The fraction of sp³-hybridized carbons (Fsp3) is 0.0938. The van der Waals surface area contributed by atoms with E-state index in [1.54, 1.807) is 30.5 Å². The van der Waals surface area contributed by atoms with Gasteiger partial charge >= 0.3 is 0 Å². The lowest BCUT2D eigenvalue weighted by molar-refractivity contribution is 0.306. The second-order valence-electron chi connectivity index (χ2n) is 8.83. The molecule has 0 aliphatic rings. The molecule has 0 fully saturated rings. The van der Waals surface area contributed by atoms with Crippen molar-refractivity contribution < 1.29 is 9.13 Å². The fourth-order valence-corrected chi connectivity index (χ4v) is 4.09. The summed E-state index contributed by atoms with van der Waals surface area (Å²) in [4.78, 5) is 13.1. The van der Waals surface area contributed by atoms with Gasteiger partial charge in [0.25, 0.3) is 0 Å². The lowest BCUT2D eigenvalue weighted by Crippen LogP contribution is -2.13. The molecule has 198 valence electrons. The van der Waals surface area contributed by atoms with Gasteiger partial charge < -0.3 is 15.4 Å². The first-order valence-electron chi connectivity index (χ1n) is 12.6. The summed E-state index contributed by atoms with van der Waals surface area (Å²) in [5, 5.41) is 7.05. The Morgan fingerprint density at radius 2 is 1.70 bits per heavy atom. The highest BCUT2D eigenvalue weighted by Gasteiger charge is 2.08. The van der Waals surface area contributed by atoms with E-state index in [0.29, 0.717) is 45.6 Å². The van der Waals surface area contributed by atoms with E-state index < -0.39 is 0 Å². The van der Waals surface area contributed by atoms with Crippen molar-refractivity contribution in [1.82, 2.24) is 20.3 Å². The Morgan fingerprint density at radius 3 is 2.55 bits per heavy atom. The molecule has 0 spiro atoms. The third-order valence-electron chi connectivity index (χ3n) is 5.80. The lowest BCUT2D eigenvalue weighted by atomic mass is 10.2. The number of nitrogens with zero attached hydrogens (tertiary/aromatic N) is 3. The van der Waals surface area contributed by atoms with Crippen LogP contribution < -0.4 is 15.4 Å². The van der Waals surface area contributed by atoms with Gasteiger partial charge in [0.15, 0.2) is 0 Å². The number of halogens is 2. The molecule has 0 saturated heterocycles. The highest BCUT2D eigenvalue weighted by atomic mass is 35.5. The highest BCUT2D eigenvalue weighted by molar-refractivity contribution is 6.32. The van der Waals surface area contributed by atoms with Crippen LogP contribution in [0.15, 0.2) is 104 Å². The van der Waals surface area contributed by atoms with Gasteiger partial charge in [0.2, 0.25) is 0 Å². The number of rotatable bonds is 9. The molecule has 0 unspecified atom stereocenters. The molecule has 0 saturated carbocycles. The van der Waals surface area contributed by atoms with E-state index in [0.717, 1.165) is 12.2 Å². The average molecular weight is 550 g/mol. The van der Waals surface area contributed by atoms with Gasteiger partial charge in [-0.2, -0.15) is 0 Å². The molecule has 6 nitrogen and oxygen atoms in total. The molecule has 8 heteroatoms. The molecule has 40 heavy (non-hydrogen) atoms. The normalized spacial score (nSPS) is 10.4. The first kappa shape index (κ1) is 26.8. The fourth-order valence-electron chi connectivity index (χ4n) is 3.85. The minimum Gasteiger partial charge on any atom is -0.487 e. The van der Waals surface area contributed by atoms with Crippen LogP contribution in [0.4, 0.5) is 15.9 Å². The molecule has 5 aromatic rings. The van der Waals surface area contributed by atoms with Crippen LogP contribution in [0.1, 0.15) is 28.1 Å². The molecule has 5 rings (SSSR count). The van der Waals surface area contributed by atoms with Crippen LogP contribution in [0.3, 0.4) is 0 Å². The van der Waals surface area contributed by atoms with Gasteiger partial charge in [0.1, 0.15) is 36.0 Å². The largest absolute Gasteiger partial charge is 0.487 e. The maximum Gasteiger partial charge on any atom is 0.149 e. The van der Waals surface area contributed by atoms with E-state index in [4.69, 9.17) is 16.3 Å². The Hall–Kier alpha value is -4.77. The Bertz CT molecular complexity index is 1650. The summed E-state index contributed by atoms with van der Waals surface area (Å²) >= 11 is 6.45. The van der Waals surface area contributed by atoms with Crippen molar-refractivity contribution >= 4 is 23.1 Å². The second-order valence-corrected chi connectivity index (χ2v) is 9.23. The summed E-state index contributed by atoms with van der Waals surface area (Å²) < 4.78 is 19.2. The standard InChI is InChI=1S/C32H25ClFN5O/c33-30-17-28(14-15-31(30)40-21-24-8-4-9-26(34)16-24)39-32-25(19-36-22-37-32)12-13-27-10-5-11-29(38-27)20-35-18-23-6-2-1-3-7-23/h1-11,14-17,19,22,35H,18,20-21H2,(H,36,37,39). The summed E-state index contributed by atoms with van der Waals surface area (Å²) in [5.41, 5.74) is 4.80. The summed E-state index contributed by atoms with van der Waals surface area (Å²) in [6.07, 6.45) is 3.09. The molecule has 3 aromatic carbocycles. The Kier molecular flexibility index (Phi) is 8.95. The Balaban J connectivity index is 1.23. The quantitative estimate of drug-likeness (QED) is 0.200. The maximum absolute atomic E-state index is 13.4. The number of benzene rings is 3. The number of aromatic nitrogens is 3. The molecule has 0 atom stereocenters. The topological polar surface area (TPSA) is 72.0 Å². The van der Waals surface area contributed by atoms with Gasteiger partial charge in [-0.05, 0) is 59.5 Å². The Labute approximate surface area is 237 Å². The highest BCUT2D eigenvalue weighted by Crippen LogP contribution is 2.30. The molecule has 0 radical (unpaired) electrons. The average Bonchev–Trinajstić information content (AvgIpc) is 2.97. The van der Waals surface area contributed by atoms with Crippen LogP contribution in [0.5, 0.6) is 5.75 Å². The zero-order valence-corrected chi connectivity index (χ0v) is 22.2. The molecular formula is C32H25ClFN5O. The van der Waals surface area contributed by atoms with E-state index in [1.165, 1.54) is 24.0 Å². The van der Waals surface area contributed by atoms with Crippen molar-refractivity contribution in [2.75, 3.05) is 5.32 Å². The number of nitrogens with one attached hydrogen (secondary N) is 2. The van der Waals surface area contributed by atoms with Crippen LogP contribution in [0, 0.1) is 17.7 Å². The zero-order valence-electron chi connectivity index (χ0n) is 21.4.